The molecule has 0 bridgehead atoms. The number of ether oxygens (including phenoxy) is 2. The van der Waals surface area contributed by atoms with Gasteiger partial charge in [-0.2, -0.15) is 5.10 Å². The number of aromatic nitrogens is 3. The second kappa shape index (κ2) is 7.44. The molecule has 0 fully saturated rings. The Morgan fingerprint density at radius 2 is 1.83 bits per heavy atom. The molecule has 0 saturated carbocycles. The lowest BCUT2D eigenvalue weighted by Crippen LogP contribution is -2.17. The van der Waals surface area contributed by atoms with Gasteiger partial charge in [0.25, 0.3) is 0 Å². The normalized spacial score (nSPS) is 12.6. The zero-order valence-corrected chi connectivity index (χ0v) is 16.0. The van der Waals surface area contributed by atoms with Crippen molar-refractivity contribution < 1.29 is 14.0 Å². The first-order chi connectivity index (χ1) is 14.3. The molecular formula is C22H20N4O3. The number of nitrogens with zero attached hydrogens (tertiary/aromatic N) is 3. The van der Waals surface area contributed by atoms with Gasteiger partial charge in [0, 0.05) is 29.3 Å². The van der Waals surface area contributed by atoms with E-state index in [0.29, 0.717) is 13.1 Å². The maximum absolute atomic E-state index is 5.53. The van der Waals surface area contributed by atoms with E-state index in [2.05, 4.69) is 20.3 Å². The van der Waals surface area contributed by atoms with E-state index < -0.39 is 0 Å². The van der Waals surface area contributed by atoms with E-state index in [1.165, 1.54) is 0 Å². The first-order valence-corrected chi connectivity index (χ1v) is 9.38. The first-order valence-electron chi connectivity index (χ1n) is 9.38. The quantitative estimate of drug-likeness (QED) is 0.536. The van der Waals surface area contributed by atoms with Gasteiger partial charge in [-0.3, -0.25) is 10.00 Å². The fraction of sp³-hybridized carbons (Fsp3) is 0.182. The van der Waals surface area contributed by atoms with Crippen LogP contribution in [0.25, 0.3) is 22.5 Å². The van der Waals surface area contributed by atoms with Gasteiger partial charge in [-0.25, -0.2) is 0 Å². The summed E-state index contributed by atoms with van der Waals surface area (Å²) in [7, 11) is 2.04. The Labute approximate surface area is 167 Å². The second-order valence-electron chi connectivity index (χ2n) is 7.06. The summed E-state index contributed by atoms with van der Waals surface area (Å²) in [6, 6.07) is 17.9. The molecule has 0 saturated heterocycles. The Morgan fingerprint density at radius 1 is 0.966 bits per heavy atom. The van der Waals surface area contributed by atoms with Crippen molar-refractivity contribution in [2.75, 3.05) is 13.8 Å². The molecule has 2 aromatic carbocycles. The highest BCUT2D eigenvalue weighted by Gasteiger charge is 2.17. The van der Waals surface area contributed by atoms with Crippen molar-refractivity contribution in [2.24, 2.45) is 0 Å². The minimum absolute atomic E-state index is 0.263. The number of benzene rings is 2. The Balaban J connectivity index is 1.29. The lowest BCUT2D eigenvalue weighted by atomic mass is 10.1. The summed E-state index contributed by atoms with van der Waals surface area (Å²) >= 11 is 0. The molecule has 7 nitrogen and oxygen atoms in total. The summed E-state index contributed by atoms with van der Waals surface area (Å²) in [5.41, 5.74) is 4.97. The van der Waals surface area contributed by atoms with Gasteiger partial charge in [-0.15, -0.1) is 0 Å². The topological polar surface area (TPSA) is 76.4 Å². The third-order valence-electron chi connectivity index (χ3n) is 4.87. The summed E-state index contributed by atoms with van der Waals surface area (Å²) in [6.45, 7) is 1.62. The van der Waals surface area contributed by atoms with Gasteiger partial charge in [0.1, 0.15) is 5.69 Å². The molecule has 5 rings (SSSR count). The number of nitrogens with one attached hydrogen (secondary N) is 1. The van der Waals surface area contributed by atoms with Gasteiger partial charge >= 0.3 is 0 Å². The molecule has 0 aliphatic carbocycles. The lowest BCUT2D eigenvalue weighted by Gasteiger charge is -2.14. The highest BCUT2D eigenvalue weighted by Crippen LogP contribution is 2.36. The van der Waals surface area contributed by atoms with E-state index in [4.69, 9.17) is 14.0 Å². The fourth-order valence-corrected chi connectivity index (χ4v) is 3.48. The number of hydrogen-bond acceptors (Lipinski definition) is 6. The number of rotatable bonds is 6. The van der Waals surface area contributed by atoms with Crippen LogP contribution >= 0.6 is 0 Å². The highest BCUT2D eigenvalue weighted by molar-refractivity contribution is 5.67. The van der Waals surface area contributed by atoms with Gasteiger partial charge in [-0.1, -0.05) is 35.5 Å². The maximum Gasteiger partial charge on any atom is 0.231 e. The van der Waals surface area contributed by atoms with Crippen LogP contribution in [-0.2, 0) is 13.1 Å². The average molecular weight is 388 g/mol. The summed E-state index contributed by atoms with van der Waals surface area (Å²) < 4.78 is 16.4. The molecule has 7 heteroatoms. The van der Waals surface area contributed by atoms with Crippen molar-refractivity contribution in [3.63, 3.8) is 0 Å². The van der Waals surface area contributed by atoms with Crippen molar-refractivity contribution in [3.8, 4) is 34.0 Å². The van der Waals surface area contributed by atoms with Crippen LogP contribution in [0.2, 0.25) is 0 Å². The number of aromatic amines is 1. The largest absolute Gasteiger partial charge is 0.454 e. The highest BCUT2D eigenvalue weighted by atomic mass is 16.7. The second-order valence-corrected chi connectivity index (χ2v) is 7.06. The molecule has 1 aliphatic heterocycles. The Kier molecular flexibility index (Phi) is 4.50. The lowest BCUT2D eigenvalue weighted by molar-refractivity contribution is 0.174. The molecule has 1 N–H and O–H groups in total. The molecule has 3 heterocycles. The molecule has 0 amide bonds. The van der Waals surface area contributed by atoms with Gasteiger partial charge in [-0.05, 0) is 25.2 Å². The van der Waals surface area contributed by atoms with E-state index >= 15 is 0 Å². The zero-order chi connectivity index (χ0) is 19.6. The number of H-pyrrole nitrogens is 1. The summed E-state index contributed by atoms with van der Waals surface area (Å²) in [5, 5.41) is 11.5. The maximum atomic E-state index is 5.53. The number of fused-ring (bicyclic) bond motifs is 1. The Hall–Kier alpha value is -3.58. The van der Waals surface area contributed by atoms with Crippen molar-refractivity contribution in [3.05, 3.63) is 72.1 Å². The molecule has 29 heavy (non-hydrogen) atoms. The van der Waals surface area contributed by atoms with Gasteiger partial charge in [0.15, 0.2) is 17.3 Å². The minimum Gasteiger partial charge on any atom is -0.454 e. The van der Waals surface area contributed by atoms with Crippen molar-refractivity contribution in [2.45, 2.75) is 13.1 Å². The molecule has 0 unspecified atom stereocenters. The van der Waals surface area contributed by atoms with E-state index in [0.717, 1.165) is 45.3 Å². The number of hydrogen-bond donors (Lipinski definition) is 1. The van der Waals surface area contributed by atoms with Crippen LogP contribution in [0.4, 0.5) is 0 Å². The average Bonchev–Trinajstić information content (AvgIpc) is 3.49. The van der Waals surface area contributed by atoms with Crippen LogP contribution in [0.5, 0.6) is 11.5 Å². The Bertz CT molecular complexity index is 1120. The fourth-order valence-electron chi connectivity index (χ4n) is 3.48. The molecule has 1 aliphatic rings. The van der Waals surface area contributed by atoms with E-state index in [-0.39, 0.29) is 6.79 Å². The minimum atomic E-state index is 0.263. The standard InChI is InChI=1S/C22H20N4O3/c1-26(13-18-10-19(25-29-18)15-5-3-2-4-6-15)12-17-11-23-24-22(17)16-7-8-20-21(9-16)28-14-27-20/h2-11H,12-14H2,1H3,(H,23,24). The molecule has 146 valence electrons. The molecule has 0 spiro atoms. The van der Waals surface area contributed by atoms with Crippen molar-refractivity contribution in [1.29, 1.82) is 0 Å². The van der Waals surface area contributed by atoms with Crippen molar-refractivity contribution >= 4 is 0 Å². The van der Waals surface area contributed by atoms with Crippen LogP contribution in [0.1, 0.15) is 11.3 Å². The third-order valence-corrected chi connectivity index (χ3v) is 4.87. The van der Waals surface area contributed by atoms with Gasteiger partial charge in [0.2, 0.25) is 6.79 Å². The van der Waals surface area contributed by atoms with Crippen molar-refractivity contribution in [1.82, 2.24) is 20.3 Å². The SMILES string of the molecule is CN(Cc1cc(-c2ccccc2)no1)Cc1cn[nH]c1-c1ccc2c(c1)OCO2. The van der Waals surface area contributed by atoms with Crippen LogP contribution in [0, 0.1) is 0 Å². The smallest absolute Gasteiger partial charge is 0.231 e. The molecule has 0 radical (unpaired) electrons. The molecule has 4 aromatic rings. The molecule has 2 aromatic heterocycles. The first kappa shape index (κ1) is 17.5. The van der Waals surface area contributed by atoms with Crippen LogP contribution in [0.3, 0.4) is 0 Å². The van der Waals surface area contributed by atoms with E-state index in [1.54, 1.807) is 0 Å². The molecule has 0 atom stereocenters. The zero-order valence-electron chi connectivity index (χ0n) is 16.0. The van der Waals surface area contributed by atoms with E-state index in [1.807, 2.05) is 67.8 Å². The van der Waals surface area contributed by atoms with Crippen LogP contribution < -0.4 is 9.47 Å². The predicted octanol–water partition coefficient (Wildman–Crippen LogP) is 4.09. The van der Waals surface area contributed by atoms with Gasteiger partial charge < -0.3 is 14.0 Å². The third kappa shape index (κ3) is 3.60. The van der Waals surface area contributed by atoms with Gasteiger partial charge in [0.05, 0.1) is 18.4 Å². The van der Waals surface area contributed by atoms with Crippen LogP contribution in [0.15, 0.2) is 65.3 Å². The monoisotopic (exact) mass is 388 g/mol. The predicted molar refractivity (Wildman–Crippen MR) is 107 cm³/mol. The summed E-state index contributed by atoms with van der Waals surface area (Å²) in [6.07, 6.45) is 1.85. The summed E-state index contributed by atoms with van der Waals surface area (Å²) in [5.74, 6) is 2.34. The Morgan fingerprint density at radius 3 is 2.72 bits per heavy atom. The van der Waals surface area contributed by atoms with E-state index in [9.17, 15) is 0 Å². The molecular weight excluding hydrogens is 368 g/mol. The van der Waals surface area contributed by atoms with Crippen LogP contribution in [-0.4, -0.2) is 34.1 Å². The summed E-state index contributed by atoms with van der Waals surface area (Å²) in [4.78, 5) is 2.16.